The lowest BCUT2D eigenvalue weighted by Crippen LogP contribution is -2.67. The second-order valence-corrected chi connectivity index (χ2v) is 13.5. The van der Waals surface area contributed by atoms with Crippen LogP contribution in [0.5, 0.6) is 0 Å². The number of hydrogen-bond acceptors (Lipinski definition) is 11. The molecule has 10 atom stereocenters. The van der Waals surface area contributed by atoms with Crippen molar-refractivity contribution in [2.45, 2.75) is 102 Å². The Kier molecular flexibility index (Phi) is 14.7. The zero-order chi connectivity index (χ0) is 37.7. The van der Waals surface area contributed by atoms with E-state index in [4.69, 9.17) is 48.4 Å². The van der Waals surface area contributed by atoms with Crippen LogP contribution in [0.25, 0.3) is 0 Å². The Hall–Kier alpha value is -4.01. The van der Waals surface area contributed by atoms with Crippen molar-refractivity contribution in [3.05, 3.63) is 144 Å². The largest absolute Gasteiger partial charge is 0.457 e. The number of nitrogens with two attached hydrogens (primary N) is 1. The molecule has 0 unspecified atom stereocenters. The van der Waals surface area contributed by atoms with Crippen molar-refractivity contribution in [3.63, 3.8) is 0 Å². The Morgan fingerprint density at radius 3 is 1.54 bits per heavy atom. The lowest BCUT2D eigenvalue weighted by molar-refractivity contribution is -0.352. The van der Waals surface area contributed by atoms with Crippen LogP contribution in [0.4, 0.5) is 0 Å². The smallest absolute Gasteiger partial charge is 0.303 e. The molecule has 2 fully saturated rings. The van der Waals surface area contributed by atoms with Crippen molar-refractivity contribution in [1.82, 2.24) is 0 Å². The first kappa shape index (κ1) is 39.7. The van der Waals surface area contributed by atoms with Crippen molar-refractivity contribution >= 4 is 5.97 Å². The Morgan fingerprint density at radius 2 is 1.06 bits per heavy atom. The molecule has 4 aromatic carbocycles. The number of benzene rings is 4. The van der Waals surface area contributed by atoms with E-state index in [1.54, 1.807) is 0 Å². The van der Waals surface area contributed by atoms with E-state index in [1.165, 1.54) is 14.0 Å². The van der Waals surface area contributed by atoms with Crippen LogP contribution in [0, 0.1) is 0 Å². The van der Waals surface area contributed by atoms with Gasteiger partial charge in [-0.05, 0) is 29.2 Å². The molecule has 4 aromatic rings. The van der Waals surface area contributed by atoms with Gasteiger partial charge in [-0.2, -0.15) is 0 Å². The molecule has 2 N–H and O–H groups in total. The van der Waals surface area contributed by atoms with E-state index >= 15 is 0 Å². The molecule has 2 heterocycles. The summed E-state index contributed by atoms with van der Waals surface area (Å²) in [5.41, 5.74) is 10.7. The van der Waals surface area contributed by atoms with Gasteiger partial charge in [0.15, 0.2) is 18.7 Å². The van der Waals surface area contributed by atoms with Crippen LogP contribution in [0.1, 0.15) is 36.1 Å². The number of carbonyl (C=O) groups excluding carboxylic acids is 1. The summed E-state index contributed by atoms with van der Waals surface area (Å²) in [5, 5.41) is 0. The topological polar surface area (TPSA) is 126 Å². The molecule has 2 aliphatic rings. The summed E-state index contributed by atoms with van der Waals surface area (Å²) in [4.78, 5) is 12.6. The van der Waals surface area contributed by atoms with Gasteiger partial charge >= 0.3 is 5.97 Å². The third kappa shape index (κ3) is 10.8. The van der Waals surface area contributed by atoms with Crippen molar-refractivity contribution in [1.29, 1.82) is 0 Å². The number of methoxy groups -OCH3 is 1. The molecular formula is C43H51NO10. The first-order chi connectivity index (χ1) is 26.4. The van der Waals surface area contributed by atoms with Crippen molar-refractivity contribution in [2.24, 2.45) is 5.73 Å². The fourth-order valence-electron chi connectivity index (χ4n) is 6.78. The van der Waals surface area contributed by atoms with E-state index in [0.717, 1.165) is 22.3 Å². The summed E-state index contributed by atoms with van der Waals surface area (Å²) in [6, 6.07) is 38.6. The number of carbonyl (C=O) groups is 1. The van der Waals surface area contributed by atoms with E-state index in [2.05, 4.69) is 0 Å². The van der Waals surface area contributed by atoms with Crippen LogP contribution in [0.15, 0.2) is 121 Å². The standard InChI is InChI=1S/C43H51NO10/c1-29-37(48-25-32-18-10-5-11-19-32)40(49-26-33-20-12-6-13-21-33)41(50-27-34-22-14-7-15-23-34)43(51-29)54-39-36(44)42(46-3)53-35(38(39)52-30(2)45)28-47-24-31-16-8-4-9-17-31/h4-23,29,35-43H,24-28,44H2,1-3H3/t29-,35+,36+,37+,38+,39+,40+,41-,42-,43-/m0/s1. The molecule has 2 saturated heterocycles. The van der Waals surface area contributed by atoms with E-state index < -0.39 is 67.3 Å². The maximum atomic E-state index is 12.6. The molecule has 6 rings (SSSR count). The number of hydrogen-bond donors (Lipinski definition) is 1. The molecular weight excluding hydrogens is 690 g/mol. The van der Waals surface area contributed by atoms with Crippen LogP contribution >= 0.6 is 0 Å². The quantitative estimate of drug-likeness (QED) is 0.134. The van der Waals surface area contributed by atoms with Crippen molar-refractivity contribution in [2.75, 3.05) is 13.7 Å². The van der Waals surface area contributed by atoms with Gasteiger partial charge in [-0.1, -0.05) is 121 Å². The minimum absolute atomic E-state index is 0.0767. The Balaban J connectivity index is 1.29. The second-order valence-electron chi connectivity index (χ2n) is 13.5. The van der Waals surface area contributed by atoms with Gasteiger partial charge in [0.2, 0.25) is 0 Å². The Bertz CT molecular complexity index is 1670. The predicted octanol–water partition coefficient (Wildman–Crippen LogP) is 5.72. The normalized spacial score (nSPS) is 28.4. The van der Waals surface area contributed by atoms with Gasteiger partial charge in [-0.25, -0.2) is 0 Å². The maximum absolute atomic E-state index is 12.6. The van der Waals surface area contributed by atoms with Gasteiger partial charge < -0.3 is 48.4 Å². The zero-order valence-corrected chi connectivity index (χ0v) is 31.0. The maximum Gasteiger partial charge on any atom is 0.303 e. The molecule has 0 amide bonds. The van der Waals surface area contributed by atoms with Crippen LogP contribution < -0.4 is 5.73 Å². The molecule has 0 aliphatic carbocycles. The molecule has 11 heteroatoms. The molecule has 0 spiro atoms. The van der Waals surface area contributed by atoms with Crippen LogP contribution in [-0.2, 0) is 73.9 Å². The van der Waals surface area contributed by atoms with Crippen molar-refractivity contribution in [3.8, 4) is 0 Å². The second kappa shape index (κ2) is 20.1. The molecule has 0 bridgehead atoms. The van der Waals surface area contributed by atoms with Crippen LogP contribution in [-0.4, -0.2) is 81.0 Å². The monoisotopic (exact) mass is 741 g/mol. The highest BCUT2D eigenvalue weighted by molar-refractivity contribution is 5.66. The highest BCUT2D eigenvalue weighted by Crippen LogP contribution is 2.35. The minimum atomic E-state index is -1.03. The molecule has 0 saturated carbocycles. The summed E-state index contributed by atoms with van der Waals surface area (Å²) in [6.45, 7) is 4.52. The molecule has 2 aliphatic heterocycles. The lowest BCUT2D eigenvalue weighted by atomic mass is 9.95. The molecule has 0 radical (unpaired) electrons. The summed E-state index contributed by atoms with van der Waals surface area (Å²) in [5.74, 6) is -0.526. The summed E-state index contributed by atoms with van der Waals surface area (Å²) < 4.78 is 57.4. The van der Waals surface area contributed by atoms with Gasteiger partial charge in [-0.3, -0.25) is 4.79 Å². The van der Waals surface area contributed by atoms with Crippen LogP contribution in [0.2, 0.25) is 0 Å². The lowest BCUT2D eigenvalue weighted by Gasteiger charge is -2.49. The average molecular weight is 742 g/mol. The average Bonchev–Trinajstić information content (AvgIpc) is 3.19. The van der Waals surface area contributed by atoms with Crippen molar-refractivity contribution < 1.29 is 47.4 Å². The van der Waals surface area contributed by atoms with E-state index in [0.29, 0.717) is 19.8 Å². The molecule has 0 aromatic heterocycles. The molecule has 54 heavy (non-hydrogen) atoms. The third-order valence-electron chi connectivity index (χ3n) is 9.50. The number of esters is 1. The fourth-order valence-corrected chi connectivity index (χ4v) is 6.78. The Labute approximate surface area is 317 Å². The number of ether oxygens (including phenoxy) is 9. The number of rotatable bonds is 17. The van der Waals surface area contributed by atoms with Gasteiger partial charge in [0.1, 0.15) is 30.5 Å². The van der Waals surface area contributed by atoms with Gasteiger partial charge in [0.25, 0.3) is 0 Å². The summed E-state index contributed by atoms with van der Waals surface area (Å²) >= 11 is 0. The summed E-state index contributed by atoms with van der Waals surface area (Å²) in [6.07, 6.45) is -7.15. The highest BCUT2D eigenvalue weighted by atomic mass is 16.7. The minimum Gasteiger partial charge on any atom is -0.457 e. The first-order valence-electron chi connectivity index (χ1n) is 18.4. The van der Waals surface area contributed by atoms with Gasteiger partial charge in [0, 0.05) is 14.0 Å². The Morgan fingerprint density at radius 1 is 0.593 bits per heavy atom. The van der Waals surface area contributed by atoms with Gasteiger partial charge in [-0.15, -0.1) is 0 Å². The van der Waals surface area contributed by atoms with E-state index in [-0.39, 0.29) is 13.2 Å². The predicted molar refractivity (Wildman–Crippen MR) is 200 cm³/mol. The van der Waals surface area contributed by atoms with E-state index in [1.807, 2.05) is 128 Å². The highest BCUT2D eigenvalue weighted by Gasteiger charge is 2.53. The SMILES string of the molecule is CO[C@H]1O[C@H](COCc2ccccc2)[C@@H](OC(C)=O)[C@H](O[C@@H]2O[C@@H](C)[C@@H](OCc3ccccc3)[C@@H](OCc3ccccc3)[C@@H]2OCc2ccccc2)[C@H]1N. The fraction of sp³-hybridized carbons (Fsp3) is 0.419. The third-order valence-corrected chi connectivity index (χ3v) is 9.50. The molecule has 11 nitrogen and oxygen atoms in total. The van der Waals surface area contributed by atoms with Gasteiger partial charge in [0.05, 0.1) is 45.2 Å². The molecule has 288 valence electrons. The summed E-state index contributed by atoms with van der Waals surface area (Å²) in [7, 11) is 1.50. The first-order valence-corrected chi connectivity index (χ1v) is 18.4. The zero-order valence-electron chi connectivity index (χ0n) is 31.0. The van der Waals surface area contributed by atoms with Crippen LogP contribution in [0.3, 0.4) is 0 Å². The van der Waals surface area contributed by atoms with E-state index in [9.17, 15) is 4.79 Å².